The zero-order valence-corrected chi connectivity index (χ0v) is 27.9. The number of aliphatic hydroxyl groups is 1. The minimum absolute atomic E-state index is 0.179. The molecule has 0 radical (unpaired) electrons. The Morgan fingerprint density at radius 1 is 0.848 bits per heavy atom. The Morgan fingerprint density at radius 2 is 1.52 bits per heavy atom. The molecule has 242 valence electrons. The number of hydrogen-bond donors (Lipinski definition) is 4. The number of aromatic nitrogens is 1. The summed E-state index contributed by atoms with van der Waals surface area (Å²) in [4.78, 5) is 45.4. The predicted molar refractivity (Wildman–Crippen MR) is 185 cm³/mol. The quantitative estimate of drug-likeness (QED) is 0.137. The van der Waals surface area contributed by atoms with Crippen LogP contribution >= 0.6 is 11.8 Å². The molecule has 4 rings (SSSR count). The van der Waals surface area contributed by atoms with Crippen LogP contribution in [0.3, 0.4) is 0 Å². The van der Waals surface area contributed by atoms with Crippen molar-refractivity contribution in [2.45, 2.75) is 76.1 Å². The summed E-state index contributed by atoms with van der Waals surface area (Å²) in [5.41, 5.74) is 2.00. The number of carbonyl (C=O) groups is 3. The number of thioether (sulfide) groups is 1. The molecular formula is C37H44N4O4S. The Bertz CT molecular complexity index is 1640. The minimum atomic E-state index is -0.955. The zero-order valence-electron chi connectivity index (χ0n) is 27.1. The maximum Gasteiger partial charge on any atom is 0.270 e. The van der Waals surface area contributed by atoms with Crippen molar-refractivity contribution in [3.63, 3.8) is 0 Å². The molecule has 4 aromatic rings. The molecule has 0 aliphatic rings. The Labute approximate surface area is 275 Å². The summed E-state index contributed by atoms with van der Waals surface area (Å²) in [6, 6.07) is 26.5. The summed E-state index contributed by atoms with van der Waals surface area (Å²) in [7, 11) is 0. The van der Waals surface area contributed by atoms with E-state index in [0.717, 1.165) is 15.8 Å². The van der Waals surface area contributed by atoms with Gasteiger partial charge in [0.1, 0.15) is 11.7 Å². The van der Waals surface area contributed by atoms with E-state index in [1.807, 2.05) is 113 Å². The van der Waals surface area contributed by atoms with Gasteiger partial charge in [0.05, 0.1) is 23.2 Å². The van der Waals surface area contributed by atoms with Gasteiger partial charge in [0.25, 0.3) is 11.8 Å². The highest BCUT2D eigenvalue weighted by molar-refractivity contribution is 7.99. The van der Waals surface area contributed by atoms with Gasteiger partial charge in [0.15, 0.2) is 0 Å². The SMILES string of the molecule is CC[C@@H](C)[C@H](NC(=O)c1ccc2ccccc2n1)C(=O)N[C@@H](Cc1ccccc1)[C@@H](O)CSc1ccccc1C(=O)NC(C)(C)C. The first-order valence-electron chi connectivity index (χ1n) is 15.7. The summed E-state index contributed by atoms with van der Waals surface area (Å²) in [6.45, 7) is 9.65. The van der Waals surface area contributed by atoms with Crippen LogP contribution in [0.5, 0.6) is 0 Å². The topological polar surface area (TPSA) is 120 Å². The van der Waals surface area contributed by atoms with Gasteiger partial charge in [-0.05, 0) is 62.9 Å². The molecule has 0 fully saturated rings. The van der Waals surface area contributed by atoms with Gasteiger partial charge in [0.2, 0.25) is 5.91 Å². The van der Waals surface area contributed by atoms with Crippen LogP contribution in [0.15, 0.2) is 95.9 Å². The molecule has 1 heterocycles. The molecule has 0 saturated heterocycles. The van der Waals surface area contributed by atoms with Gasteiger partial charge in [-0.25, -0.2) is 4.98 Å². The van der Waals surface area contributed by atoms with Crippen LogP contribution in [0.4, 0.5) is 0 Å². The monoisotopic (exact) mass is 640 g/mol. The zero-order chi connectivity index (χ0) is 33.3. The third kappa shape index (κ3) is 9.64. The van der Waals surface area contributed by atoms with E-state index in [2.05, 4.69) is 20.9 Å². The minimum Gasteiger partial charge on any atom is -0.390 e. The maximum absolute atomic E-state index is 13.9. The summed E-state index contributed by atoms with van der Waals surface area (Å²) in [5, 5.41) is 21.4. The number of benzene rings is 3. The lowest BCUT2D eigenvalue weighted by Gasteiger charge is -2.29. The molecule has 3 amide bonds. The molecule has 0 saturated carbocycles. The lowest BCUT2D eigenvalue weighted by Crippen LogP contribution is -2.55. The first-order chi connectivity index (χ1) is 21.9. The van der Waals surface area contributed by atoms with Crippen LogP contribution in [-0.4, -0.2) is 57.3 Å². The van der Waals surface area contributed by atoms with Gasteiger partial charge < -0.3 is 21.1 Å². The molecule has 1 aromatic heterocycles. The summed E-state index contributed by atoms with van der Waals surface area (Å²) < 4.78 is 0. The maximum atomic E-state index is 13.9. The Morgan fingerprint density at radius 3 is 2.24 bits per heavy atom. The van der Waals surface area contributed by atoms with Crippen LogP contribution in [0.2, 0.25) is 0 Å². The highest BCUT2D eigenvalue weighted by Gasteiger charge is 2.31. The average molecular weight is 641 g/mol. The lowest BCUT2D eigenvalue weighted by molar-refractivity contribution is -0.125. The number of nitrogens with zero attached hydrogens (tertiary/aromatic N) is 1. The van der Waals surface area contributed by atoms with Crippen molar-refractivity contribution < 1.29 is 19.5 Å². The third-order valence-corrected chi connectivity index (χ3v) is 8.91. The van der Waals surface area contributed by atoms with Crippen LogP contribution < -0.4 is 16.0 Å². The Balaban J connectivity index is 1.52. The van der Waals surface area contributed by atoms with Gasteiger partial charge in [-0.3, -0.25) is 14.4 Å². The largest absolute Gasteiger partial charge is 0.390 e. The lowest BCUT2D eigenvalue weighted by atomic mass is 9.96. The Kier molecular flexibility index (Phi) is 12.0. The van der Waals surface area contributed by atoms with Crippen LogP contribution in [0.25, 0.3) is 10.9 Å². The number of pyridine rings is 1. The highest BCUT2D eigenvalue weighted by atomic mass is 32.2. The van der Waals surface area contributed by atoms with Gasteiger partial charge in [-0.2, -0.15) is 0 Å². The van der Waals surface area contributed by atoms with Crippen LogP contribution in [0, 0.1) is 5.92 Å². The number of aliphatic hydroxyl groups excluding tert-OH is 1. The van der Waals surface area contributed by atoms with E-state index in [1.165, 1.54) is 11.8 Å². The molecule has 0 bridgehead atoms. The fourth-order valence-electron chi connectivity index (χ4n) is 5.01. The molecule has 0 aliphatic heterocycles. The summed E-state index contributed by atoms with van der Waals surface area (Å²) in [6.07, 6.45) is 0.0790. The third-order valence-electron chi connectivity index (χ3n) is 7.73. The molecule has 3 aromatic carbocycles. The van der Waals surface area contributed by atoms with E-state index in [-0.39, 0.29) is 29.2 Å². The first-order valence-corrected chi connectivity index (χ1v) is 16.7. The molecule has 46 heavy (non-hydrogen) atoms. The van der Waals surface area contributed by atoms with Crippen molar-refractivity contribution in [1.82, 2.24) is 20.9 Å². The van der Waals surface area contributed by atoms with E-state index in [1.54, 1.807) is 12.1 Å². The smallest absolute Gasteiger partial charge is 0.270 e. The summed E-state index contributed by atoms with van der Waals surface area (Å²) in [5.74, 6) is -0.946. The molecule has 0 spiro atoms. The van der Waals surface area contributed by atoms with Crippen LogP contribution in [0.1, 0.15) is 67.4 Å². The molecule has 0 aliphatic carbocycles. The van der Waals surface area contributed by atoms with Gasteiger partial charge in [-0.1, -0.05) is 87.0 Å². The van der Waals surface area contributed by atoms with Crippen LogP contribution in [-0.2, 0) is 11.2 Å². The Hall–Kier alpha value is -4.21. The second-order valence-corrected chi connectivity index (χ2v) is 13.7. The van der Waals surface area contributed by atoms with Gasteiger partial charge in [0, 0.05) is 21.6 Å². The molecule has 4 N–H and O–H groups in total. The van der Waals surface area contributed by atoms with Crippen molar-refractivity contribution in [2.75, 3.05) is 5.75 Å². The fourth-order valence-corrected chi connectivity index (χ4v) is 6.09. The van der Waals surface area contributed by atoms with E-state index in [0.29, 0.717) is 23.9 Å². The molecule has 4 atom stereocenters. The van der Waals surface area contributed by atoms with Crippen molar-refractivity contribution >= 4 is 40.4 Å². The molecule has 8 nitrogen and oxygen atoms in total. The molecule has 9 heteroatoms. The number of amides is 3. The second-order valence-electron chi connectivity index (χ2n) is 12.6. The summed E-state index contributed by atoms with van der Waals surface area (Å²) >= 11 is 1.36. The number of fused-ring (bicyclic) bond motifs is 1. The normalized spacial score (nSPS) is 14.1. The van der Waals surface area contributed by atoms with Gasteiger partial charge >= 0.3 is 0 Å². The molecule has 0 unspecified atom stereocenters. The fraction of sp³-hybridized carbons (Fsp3) is 0.351. The van der Waals surface area contributed by atoms with E-state index in [9.17, 15) is 19.5 Å². The molecular weight excluding hydrogens is 596 g/mol. The number of carbonyl (C=O) groups excluding carboxylic acids is 3. The number of para-hydroxylation sites is 1. The van der Waals surface area contributed by atoms with E-state index < -0.39 is 29.6 Å². The second kappa shape index (κ2) is 15.9. The van der Waals surface area contributed by atoms with Crippen molar-refractivity contribution in [3.05, 3.63) is 108 Å². The number of hydrogen-bond acceptors (Lipinski definition) is 6. The van der Waals surface area contributed by atoms with E-state index >= 15 is 0 Å². The number of nitrogens with one attached hydrogen (secondary N) is 3. The van der Waals surface area contributed by atoms with Gasteiger partial charge in [-0.15, -0.1) is 11.8 Å². The first kappa shape index (κ1) is 34.7. The van der Waals surface area contributed by atoms with Crippen molar-refractivity contribution in [1.29, 1.82) is 0 Å². The predicted octanol–water partition coefficient (Wildman–Crippen LogP) is 5.79. The average Bonchev–Trinajstić information content (AvgIpc) is 3.04. The standard InChI is InChI=1S/C37H44N4O4S/c1-6-24(2)33(40-35(44)29-21-20-26-16-10-12-18-28(26)38-29)36(45)39-30(22-25-14-8-7-9-15-25)31(42)23-46-32-19-13-11-17-27(32)34(43)41-37(3,4)5/h7-21,24,30-31,33,42H,6,22-23H2,1-5H3,(H,39,45)(H,40,44)(H,41,43)/t24-,30+,31+,33+/m1/s1. The highest BCUT2D eigenvalue weighted by Crippen LogP contribution is 2.25. The van der Waals surface area contributed by atoms with E-state index in [4.69, 9.17) is 0 Å². The van der Waals surface area contributed by atoms with Crippen molar-refractivity contribution in [3.8, 4) is 0 Å². The number of rotatable bonds is 13. The van der Waals surface area contributed by atoms with Crippen molar-refractivity contribution in [2.24, 2.45) is 5.92 Å².